The van der Waals surface area contributed by atoms with E-state index in [1.54, 1.807) is 0 Å². The summed E-state index contributed by atoms with van der Waals surface area (Å²) in [6, 6.07) is 3.44. The molecule has 3 nitrogen and oxygen atoms in total. The van der Waals surface area contributed by atoms with E-state index < -0.39 is 38.8 Å². The largest absolute Gasteiger partial charge is 0.416 e. The van der Waals surface area contributed by atoms with Gasteiger partial charge in [-0.2, -0.15) is 13.2 Å². The van der Waals surface area contributed by atoms with Crippen molar-refractivity contribution in [2.45, 2.75) is 11.1 Å². The van der Waals surface area contributed by atoms with Crippen LogP contribution in [0.2, 0.25) is 0 Å². The van der Waals surface area contributed by atoms with Gasteiger partial charge in [0.2, 0.25) is 0 Å². The zero-order valence-electron chi connectivity index (χ0n) is 8.03. The molecule has 0 aliphatic rings. The van der Waals surface area contributed by atoms with Crippen LogP contribution in [0.3, 0.4) is 0 Å². The number of benzene rings is 1. The van der Waals surface area contributed by atoms with E-state index >= 15 is 0 Å². The summed E-state index contributed by atoms with van der Waals surface area (Å²) in [7, 11) is -3.84. The molecule has 0 fully saturated rings. The van der Waals surface area contributed by atoms with Gasteiger partial charge >= 0.3 is 6.18 Å². The molecule has 1 N–H and O–H groups in total. The third-order valence-electron chi connectivity index (χ3n) is 1.88. The molecule has 1 rings (SSSR count). The Balaban J connectivity index is 3.19. The predicted octanol–water partition coefficient (Wildman–Crippen LogP) is 1.47. The van der Waals surface area contributed by atoms with Crippen LogP contribution in [-0.2, 0) is 16.0 Å². The Labute approximate surface area is 90.4 Å². The summed E-state index contributed by atoms with van der Waals surface area (Å²) in [5.74, 6) is -0.589. The normalized spacial score (nSPS) is 12.8. The molecular weight excluding hydrogens is 245 g/mol. The molecule has 0 aromatic heterocycles. The average molecular weight is 254 g/mol. The Kier molecular flexibility index (Phi) is 3.59. The maximum Gasteiger partial charge on any atom is 0.416 e. The second-order valence-corrected chi connectivity index (χ2v) is 5.18. The van der Waals surface area contributed by atoms with Gasteiger partial charge in [0, 0.05) is 0 Å². The van der Waals surface area contributed by atoms with Crippen molar-refractivity contribution in [3.8, 4) is 0 Å². The molecule has 0 bridgehead atoms. The molecule has 0 radical (unpaired) electrons. The van der Waals surface area contributed by atoms with Crippen LogP contribution in [0.15, 0.2) is 29.2 Å². The number of hydrogen-bond donors (Lipinski definition) is 1. The number of aliphatic hydroxyl groups is 1. The molecule has 0 heterocycles. The lowest BCUT2D eigenvalue weighted by molar-refractivity contribution is -0.137. The van der Waals surface area contributed by atoms with Crippen molar-refractivity contribution in [2.75, 3.05) is 12.4 Å². The fourth-order valence-corrected chi connectivity index (χ4v) is 2.17. The number of halogens is 3. The zero-order valence-corrected chi connectivity index (χ0v) is 8.85. The molecule has 0 atom stereocenters. The third kappa shape index (κ3) is 2.96. The lowest BCUT2D eigenvalue weighted by atomic mass is 10.2. The first kappa shape index (κ1) is 13.0. The summed E-state index contributed by atoms with van der Waals surface area (Å²) in [6.07, 6.45) is -4.58. The van der Waals surface area contributed by atoms with E-state index in [4.69, 9.17) is 5.11 Å². The molecule has 0 saturated heterocycles. The molecule has 0 unspecified atom stereocenters. The molecule has 16 heavy (non-hydrogen) atoms. The lowest BCUT2D eigenvalue weighted by Gasteiger charge is -2.08. The van der Waals surface area contributed by atoms with Crippen LogP contribution in [0, 0.1) is 0 Å². The fourth-order valence-electron chi connectivity index (χ4n) is 1.10. The Morgan fingerprint density at radius 2 is 1.88 bits per heavy atom. The van der Waals surface area contributed by atoms with Crippen LogP contribution in [0.5, 0.6) is 0 Å². The van der Waals surface area contributed by atoms with Crippen LogP contribution >= 0.6 is 0 Å². The zero-order chi connectivity index (χ0) is 12.4. The van der Waals surface area contributed by atoms with Crippen molar-refractivity contribution in [1.29, 1.82) is 0 Å². The first-order valence-corrected chi connectivity index (χ1v) is 5.93. The van der Waals surface area contributed by atoms with E-state index in [-0.39, 0.29) is 0 Å². The summed E-state index contributed by atoms with van der Waals surface area (Å²) < 4.78 is 59.7. The number of rotatable bonds is 3. The molecule has 0 aliphatic heterocycles. The van der Waals surface area contributed by atoms with E-state index in [9.17, 15) is 21.6 Å². The number of alkyl halides is 3. The van der Waals surface area contributed by atoms with Gasteiger partial charge in [-0.1, -0.05) is 6.07 Å². The monoisotopic (exact) mass is 254 g/mol. The van der Waals surface area contributed by atoms with Gasteiger partial charge in [-0.05, 0) is 18.2 Å². The predicted molar refractivity (Wildman–Crippen MR) is 50.6 cm³/mol. The van der Waals surface area contributed by atoms with Gasteiger partial charge in [0.25, 0.3) is 0 Å². The van der Waals surface area contributed by atoms with Gasteiger partial charge in [-0.15, -0.1) is 0 Å². The molecule has 0 spiro atoms. The van der Waals surface area contributed by atoms with Crippen molar-refractivity contribution in [3.05, 3.63) is 29.8 Å². The van der Waals surface area contributed by atoms with Crippen molar-refractivity contribution in [1.82, 2.24) is 0 Å². The highest BCUT2D eigenvalue weighted by molar-refractivity contribution is 7.91. The van der Waals surface area contributed by atoms with E-state index in [2.05, 4.69) is 0 Å². The average Bonchev–Trinajstić information content (AvgIpc) is 2.16. The van der Waals surface area contributed by atoms with Crippen LogP contribution in [0.1, 0.15) is 5.56 Å². The van der Waals surface area contributed by atoms with Gasteiger partial charge in [0.1, 0.15) is 0 Å². The standard InChI is InChI=1S/C9H9F3O3S/c10-9(11,12)7-2-1-3-8(6-7)16(14,15)5-4-13/h1-3,6,13H,4-5H2. The summed E-state index contributed by atoms with van der Waals surface area (Å²) in [5.41, 5.74) is -1.02. The minimum Gasteiger partial charge on any atom is -0.395 e. The summed E-state index contributed by atoms with van der Waals surface area (Å²) in [4.78, 5) is -0.434. The van der Waals surface area contributed by atoms with Gasteiger partial charge < -0.3 is 5.11 Å². The van der Waals surface area contributed by atoms with Crippen LogP contribution < -0.4 is 0 Å². The van der Waals surface area contributed by atoms with Crippen LogP contribution in [-0.4, -0.2) is 25.9 Å². The SMILES string of the molecule is O=S(=O)(CCO)c1cccc(C(F)(F)F)c1. The summed E-state index contributed by atoms with van der Waals surface area (Å²) >= 11 is 0. The second-order valence-electron chi connectivity index (χ2n) is 3.07. The highest BCUT2D eigenvalue weighted by Gasteiger charge is 2.31. The molecule has 1 aromatic rings. The minimum absolute atomic E-state index is 0.434. The molecule has 1 aromatic carbocycles. The first-order valence-electron chi connectivity index (χ1n) is 4.28. The van der Waals surface area contributed by atoms with Gasteiger partial charge in [-0.25, -0.2) is 8.42 Å². The Hall–Kier alpha value is -1.08. The first-order chi connectivity index (χ1) is 7.27. The third-order valence-corrected chi connectivity index (χ3v) is 3.57. The van der Waals surface area contributed by atoms with Gasteiger partial charge in [-0.3, -0.25) is 0 Å². The molecule has 7 heteroatoms. The number of sulfone groups is 1. The quantitative estimate of drug-likeness (QED) is 0.888. The fraction of sp³-hybridized carbons (Fsp3) is 0.333. The highest BCUT2D eigenvalue weighted by Crippen LogP contribution is 2.30. The smallest absolute Gasteiger partial charge is 0.395 e. The Morgan fingerprint density at radius 1 is 1.25 bits per heavy atom. The van der Waals surface area contributed by atoms with Crippen LogP contribution in [0.25, 0.3) is 0 Å². The molecular formula is C9H9F3O3S. The topological polar surface area (TPSA) is 54.4 Å². The number of aliphatic hydroxyl groups excluding tert-OH is 1. The molecule has 90 valence electrons. The van der Waals surface area contributed by atoms with E-state index in [1.807, 2.05) is 0 Å². The van der Waals surface area contributed by atoms with E-state index in [0.29, 0.717) is 6.07 Å². The Morgan fingerprint density at radius 3 is 2.38 bits per heavy atom. The van der Waals surface area contributed by atoms with Crippen LogP contribution in [0.4, 0.5) is 13.2 Å². The molecule has 0 amide bonds. The molecule has 0 aliphatic carbocycles. The van der Waals surface area contributed by atoms with Gasteiger partial charge in [0.05, 0.1) is 22.8 Å². The summed E-state index contributed by atoms with van der Waals surface area (Å²) in [6.45, 7) is -0.626. The lowest BCUT2D eigenvalue weighted by Crippen LogP contribution is -2.12. The van der Waals surface area contributed by atoms with Crippen molar-refractivity contribution in [2.24, 2.45) is 0 Å². The maximum atomic E-state index is 12.3. The van der Waals surface area contributed by atoms with Crippen molar-refractivity contribution >= 4 is 9.84 Å². The second kappa shape index (κ2) is 4.42. The maximum absolute atomic E-state index is 12.3. The Bertz CT molecular complexity index is 465. The molecule has 0 saturated carbocycles. The minimum atomic E-state index is -4.58. The van der Waals surface area contributed by atoms with Crippen molar-refractivity contribution in [3.63, 3.8) is 0 Å². The van der Waals surface area contributed by atoms with Crippen molar-refractivity contribution < 1.29 is 26.7 Å². The van der Waals surface area contributed by atoms with E-state index in [0.717, 1.165) is 18.2 Å². The van der Waals surface area contributed by atoms with E-state index in [1.165, 1.54) is 0 Å². The number of hydrogen-bond acceptors (Lipinski definition) is 3. The van der Waals surface area contributed by atoms with Gasteiger partial charge in [0.15, 0.2) is 9.84 Å². The summed E-state index contributed by atoms with van der Waals surface area (Å²) in [5, 5.41) is 8.49. The highest BCUT2D eigenvalue weighted by atomic mass is 32.2.